The predicted molar refractivity (Wildman–Crippen MR) is 96.8 cm³/mol. The average Bonchev–Trinajstić information content (AvgIpc) is 2.40. The molecule has 0 aliphatic carbocycles. The van der Waals surface area contributed by atoms with Crippen molar-refractivity contribution in [2.75, 3.05) is 27.2 Å². The van der Waals surface area contributed by atoms with Crippen LogP contribution in [0.4, 0.5) is 0 Å². The number of hydrogen-bond acceptors (Lipinski definition) is 2. The van der Waals surface area contributed by atoms with Crippen molar-refractivity contribution in [1.29, 1.82) is 0 Å². The van der Waals surface area contributed by atoms with Crippen LogP contribution in [0.3, 0.4) is 0 Å². The molecule has 0 atom stereocenters. The zero-order valence-corrected chi connectivity index (χ0v) is 17.0. The molecule has 1 rings (SSSR count). The number of nitrogens with one attached hydrogen (secondary N) is 2. The van der Waals surface area contributed by atoms with Crippen LogP contribution in [0.2, 0.25) is 0 Å². The first-order chi connectivity index (χ1) is 10.3. The predicted octanol–water partition coefficient (Wildman–Crippen LogP) is 1.68. The van der Waals surface area contributed by atoms with Crippen LogP contribution in [0.1, 0.15) is 41.7 Å². The largest absolute Gasteiger partial charge is 0.339 e. The van der Waals surface area contributed by atoms with Gasteiger partial charge in [0.05, 0.1) is 25.5 Å². The number of hydrogen-bond donors (Lipinski definition) is 2. The van der Waals surface area contributed by atoms with Crippen molar-refractivity contribution in [2.24, 2.45) is 5.41 Å². The fourth-order valence-corrected chi connectivity index (χ4v) is 5.09. The van der Waals surface area contributed by atoms with Crippen LogP contribution in [0.25, 0.3) is 0 Å². The van der Waals surface area contributed by atoms with E-state index in [1.165, 1.54) is 10.5 Å². The molecule has 0 aliphatic rings. The van der Waals surface area contributed by atoms with E-state index in [0.717, 1.165) is 28.8 Å². The van der Waals surface area contributed by atoms with Gasteiger partial charge in [-0.3, -0.25) is 0 Å². The van der Waals surface area contributed by atoms with Crippen molar-refractivity contribution in [3.8, 4) is 0 Å². The summed E-state index contributed by atoms with van der Waals surface area (Å²) in [7, 11) is 0.650. The normalized spacial score (nSPS) is 13.0. The van der Waals surface area contributed by atoms with Crippen LogP contribution in [0.15, 0.2) is 4.90 Å². The minimum absolute atomic E-state index is 0.0947. The number of rotatable bonds is 6. The Morgan fingerprint density at radius 3 is 1.65 bits per heavy atom. The minimum Gasteiger partial charge on any atom is -0.339 e. The maximum atomic E-state index is 12.9. The van der Waals surface area contributed by atoms with E-state index in [2.05, 4.69) is 39.6 Å². The molecule has 0 radical (unpaired) electrons. The Kier molecular flexibility index (Phi) is 6.05. The molecule has 4 nitrogen and oxygen atoms in total. The molecule has 5 heteroatoms. The third-order valence-electron chi connectivity index (χ3n) is 4.77. The Balaban J connectivity index is 3.21. The second-order valence-corrected chi connectivity index (χ2v) is 9.53. The highest BCUT2D eigenvalue weighted by Gasteiger charge is 2.28. The van der Waals surface area contributed by atoms with Crippen molar-refractivity contribution in [3.05, 3.63) is 27.8 Å². The molecule has 1 aromatic rings. The zero-order chi connectivity index (χ0) is 18.2. The summed E-state index contributed by atoms with van der Waals surface area (Å²) in [6, 6.07) is 0. The van der Waals surface area contributed by atoms with Gasteiger partial charge in [0, 0.05) is 12.0 Å². The smallest absolute Gasteiger partial charge is 0.241 e. The van der Waals surface area contributed by atoms with Gasteiger partial charge in [0.2, 0.25) is 10.0 Å². The van der Waals surface area contributed by atoms with Gasteiger partial charge in [-0.05, 0) is 62.4 Å². The molecule has 0 aliphatic heterocycles. The summed E-state index contributed by atoms with van der Waals surface area (Å²) in [6.45, 7) is 15.4. The van der Waals surface area contributed by atoms with Crippen LogP contribution in [-0.4, -0.2) is 35.6 Å². The Labute approximate surface area is 142 Å². The van der Waals surface area contributed by atoms with Gasteiger partial charge in [0.1, 0.15) is 0 Å². The third-order valence-corrected chi connectivity index (χ3v) is 6.45. The Morgan fingerprint density at radius 1 is 0.870 bits per heavy atom. The van der Waals surface area contributed by atoms with Crippen molar-refractivity contribution in [3.63, 3.8) is 0 Å². The molecule has 132 valence electrons. The number of quaternary nitrogens is 1. The van der Waals surface area contributed by atoms with Crippen LogP contribution in [-0.2, 0) is 10.0 Å². The molecule has 0 amide bonds. The topological polar surface area (TPSA) is 50.6 Å². The first-order valence-electron chi connectivity index (χ1n) is 8.16. The minimum atomic E-state index is -3.51. The molecule has 0 fully saturated rings. The molecule has 0 heterocycles. The summed E-state index contributed by atoms with van der Waals surface area (Å²) in [5.41, 5.74) is 4.91. The molecule has 1 aromatic carbocycles. The van der Waals surface area contributed by atoms with Gasteiger partial charge in [-0.25, -0.2) is 13.1 Å². The molecule has 0 saturated heterocycles. The van der Waals surface area contributed by atoms with Gasteiger partial charge in [0.25, 0.3) is 0 Å². The van der Waals surface area contributed by atoms with E-state index in [1.807, 2.05) is 27.7 Å². The van der Waals surface area contributed by atoms with Crippen LogP contribution in [0.5, 0.6) is 0 Å². The lowest BCUT2D eigenvalue weighted by Crippen LogP contribution is -3.07. The molecular formula is C18H33N2O2S+. The van der Waals surface area contributed by atoms with E-state index in [9.17, 15) is 8.42 Å². The second kappa shape index (κ2) is 6.91. The second-order valence-electron chi connectivity index (χ2n) is 7.83. The summed E-state index contributed by atoms with van der Waals surface area (Å²) in [6.07, 6.45) is 0. The molecule has 0 aromatic heterocycles. The van der Waals surface area contributed by atoms with Crippen molar-refractivity contribution < 1.29 is 13.3 Å². The first kappa shape index (κ1) is 20.1. The lowest BCUT2D eigenvalue weighted by molar-refractivity contribution is -0.865. The standard InChI is InChI=1S/C18H32N2O2S/c1-12-13(2)15(4)17(16(5)14(12)3)23(21,22)19-10-18(6,7)11-20(8)9/h19H,10-11H2,1-9H3/p+1. The monoisotopic (exact) mass is 341 g/mol. The van der Waals surface area contributed by atoms with Gasteiger partial charge in [-0.1, -0.05) is 13.8 Å². The van der Waals surface area contributed by atoms with Gasteiger partial charge in [0.15, 0.2) is 0 Å². The Morgan fingerprint density at radius 2 is 1.26 bits per heavy atom. The van der Waals surface area contributed by atoms with E-state index in [4.69, 9.17) is 0 Å². The average molecular weight is 342 g/mol. The number of benzene rings is 1. The molecule has 0 saturated carbocycles. The lowest BCUT2D eigenvalue weighted by Gasteiger charge is -2.27. The Bertz CT molecular complexity index is 660. The molecule has 23 heavy (non-hydrogen) atoms. The van der Waals surface area contributed by atoms with Crippen LogP contribution in [0, 0.1) is 40.0 Å². The van der Waals surface area contributed by atoms with Gasteiger partial charge in [-0.15, -0.1) is 0 Å². The zero-order valence-electron chi connectivity index (χ0n) is 16.1. The van der Waals surface area contributed by atoms with Gasteiger partial charge >= 0.3 is 0 Å². The van der Waals surface area contributed by atoms with Crippen molar-refractivity contribution in [1.82, 2.24) is 4.72 Å². The van der Waals surface area contributed by atoms with Gasteiger partial charge in [-0.2, -0.15) is 0 Å². The third kappa shape index (κ3) is 4.55. The molecular weight excluding hydrogens is 308 g/mol. The van der Waals surface area contributed by atoms with Gasteiger partial charge < -0.3 is 4.90 Å². The molecule has 0 spiro atoms. The lowest BCUT2D eigenvalue weighted by atomic mass is 9.93. The highest BCUT2D eigenvalue weighted by atomic mass is 32.2. The summed E-state index contributed by atoms with van der Waals surface area (Å²) >= 11 is 0. The highest BCUT2D eigenvalue weighted by molar-refractivity contribution is 7.89. The SMILES string of the molecule is Cc1c(C)c(C)c(S(=O)(=O)NCC(C)(C)C[NH+](C)C)c(C)c1C. The van der Waals surface area contributed by atoms with E-state index in [0.29, 0.717) is 11.4 Å². The Hall–Kier alpha value is -0.910. The van der Waals surface area contributed by atoms with E-state index in [-0.39, 0.29) is 5.41 Å². The summed E-state index contributed by atoms with van der Waals surface area (Å²) in [5.74, 6) is 0. The van der Waals surface area contributed by atoms with E-state index in [1.54, 1.807) is 0 Å². The maximum absolute atomic E-state index is 12.9. The molecule has 2 N–H and O–H groups in total. The van der Waals surface area contributed by atoms with Crippen LogP contribution >= 0.6 is 0 Å². The summed E-state index contributed by atoms with van der Waals surface area (Å²) in [5, 5.41) is 0. The fourth-order valence-electron chi connectivity index (χ4n) is 3.25. The summed E-state index contributed by atoms with van der Waals surface area (Å²) in [4.78, 5) is 1.76. The summed E-state index contributed by atoms with van der Waals surface area (Å²) < 4.78 is 28.6. The first-order valence-corrected chi connectivity index (χ1v) is 9.64. The highest BCUT2D eigenvalue weighted by Crippen LogP contribution is 2.29. The molecule has 0 unspecified atom stereocenters. The molecule has 0 bridgehead atoms. The van der Waals surface area contributed by atoms with Crippen LogP contribution < -0.4 is 9.62 Å². The van der Waals surface area contributed by atoms with E-state index >= 15 is 0 Å². The van der Waals surface area contributed by atoms with Crippen molar-refractivity contribution >= 4 is 10.0 Å². The number of sulfonamides is 1. The van der Waals surface area contributed by atoms with E-state index < -0.39 is 10.0 Å². The maximum Gasteiger partial charge on any atom is 0.241 e. The van der Waals surface area contributed by atoms with Crippen molar-refractivity contribution in [2.45, 2.75) is 53.4 Å². The quantitative estimate of drug-likeness (QED) is 0.827. The fraction of sp³-hybridized carbons (Fsp3) is 0.667.